The molecule has 0 unspecified atom stereocenters. The molecule has 1 aromatic heterocycles. The zero-order valence-electron chi connectivity index (χ0n) is 16.3. The molecule has 0 spiro atoms. The van der Waals surface area contributed by atoms with Crippen molar-refractivity contribution < 1.29 is 14.0 Å². The fourth-order valence-electron chi connectivity index (χ4n) is 1.83. The number of carbonyl (C=O) groups is 1. The van der Waals surface area contributed by atoms with Gasteiger partial charge in [0.1, 0.15) is 5.60 Å². The average Bonchev–Trinajstić information content (AvgIpc) is 2.41. The Kier molecular flexibility index (Phi) is 6.58. The Morgan fingerprint density at radius 1 is 1.17 bits per heavy atom. The zero-order chi connectivity index (χ0) is 18.6. The van der Waals surface area contributed by atoms with Crippen LogP contribution in [0.2, 0.25) is 18.1 Å². The number of amides is 1. The molecule has 1 amide bonds. The van der Waals surface area contributed by atoms with Crippen LogP contribution in [0.4, 0.5) is 4.79 Å². The molecule has 1 rings (SSSR count). The molecule has 5 nitrogen and oxygen atoms in total. The maximum Gasteiger partial charge on any atom is 0.407 e. The van der Waals surface area contributed by atoms with E-state index in [1.54, 1.807) is 12.4 Å². The van der Waals surface area contributed by atoms with Crippen LogP contribution in [0.25, 0.3) is 0 Å². The molecule has 0 saturated carbocycles. The van der Waals surface area contributed by atoms with Crippen LogP contribution < -0.4 is 5.32 Å². The lowest BCUT2D eigenvalue weighted by atomic mass is 10.1. The van der Waals surface area contributed by atoms with Crippen molar-refractivity contribution in [3.05, 3.63) is 30.1 Å². The van der Waals surface area contributed by atoms with Crippen molar-refractivity contribution in [2.75, 3.05) is 6.54 Å². The summed E-state index contributed by atoms with van der Waals surface area (Å²) in [6, 6.07) is 3.85. The summed E-state index contributed by atoms with van der Waals surface area (Å²) in [4.78, 5) is 16.0. The second kappa shape index (κ2) is 7.65. The highest BCUT2D eigenvalue weighted by Gasteiger charge is 2.39. The third-order valence-electron chi connectivity index (χ3n) is 4.15. The van der Waals surface area contributed by atoms with Crippen LogP contribution in [0.3, 0.4) is 0 Å². The Labute approximate surface area is 147 Å². The lowest BCUT2D eigenvalue weighted by Gasteiger charge is -2.39. The molecule has 0 radical (unpaired) electrons. The van der Waals surface area contributed by atoms with Crippen molar-refractivity contribution in [2.24, 2.45) is 0 Å². The number of aromatic nitrogens is 1. The van der Waals surface area contributed by atoms with E-state index in [0.29, 0.717) is 6.54 Å². The van der Waals surface area contributed by atoms with Crippen LogP contribution in [0.5, 0.6) is 0 Å². The monoisotopic (exact) mass is 352 g/mol. The minimum atomic E-state index is -1.98. The van der Waals surface area contributed by atoms with Gasteiger partial charge in [0.2, 0.25) is 0 Å². The maximum atomic E-state index is 12.0. The number of hydrogen-bond acceptors (Lipinski definition) is 4. The van der Waals surface area contributed by atoms with Gasteiger partial charge in [-0.15, -0.1) is 0 Å². The quantitative estimate of drug-likeness (QED) is 0.782. The van der Waals surface area contributed by atoms with E-state index >= 15 is 0 Å². The van der Waals surface area contributed by atoms with Crippen molar-refractivity contribution in [1.82, 2.24) is 10.3 Å². The smallest absolute Gasteiger partial charge is 0.407 e. The molecule has 0 saturated heterocycles. The van der Waals surface area contributed by atoms with E-state index in [-0.39, 0.29) is 11.1 Å². The van der Waals surface area contributed by atoms with E-state index in [0.717, 1.165) is 5.56 Å². The van der Waals surface area contributed by atoms with Crippen LogP contribution >= 0.6 is 0 Å². The topological polar surface area (TPSA) is 60.5 Å². The fraction of sp³-hybridized carbons (Fsp3) is 0.667. The van der Waals surface area contributed by atoms with Gasteiger partial charge in [-0.3, -0.25) is 4.98 Å². The van der Waals surface area contributed by atoms with Gasteiger partial charge in [0.05, 0.1) is 12.6 Å². The van der Waals surface area contributed by atoms with Crippen molar-refractivity contribution in [3.63, 3.8) is 0 Å². The van der Waals surface area contributed by atoms with Crippen molar-refractivity contribution in [2.45, 2.75) is 71.4 Å². The van der Waals surface area contributed by atoms with Crippen molar-refractivity contribution in [3.8, 4) is 0 Å². The Morgan fingerprint density at radius 3 is 2.17 bits per heavy atom. The second-order valence-corrected chi connectivity index (χ2v) is 13.3. The number of rotatable bonds is 5. The largest absolute Gasteiger partial charge is 0.444 e. The molecule has 1 aromatic rings. The first kappa shape index (κ1) is 20.6. The molecule has 1 atom stereocenters. The molecule has 1 N–H and O–H groups in total. The molecular formula is C18H32N2O3Si. The summed E-state index contributed by atoms with van der Waals surface area (Å²) in [5, 5.41) is 2.91. The Bertz CT molecular complexity index is 533. The standard InChI is InChI=1S/C18H32N2O3Si/c1-17(2,3)22-16(21)20-13-15(14-9-11-19-12-10-14)23-24(7,8)18(4,5)6/h9-12,15H,13H2,1-8H3,(H,20,21)/t15-/m0/s1. The summed E-state index contributed by atoms with van der Waals surface area (Å²) < 4.78 is 11.8. The minimum Gasteiger partial charge on any atom is -0.444 e. The SMILES string of the molecule is CC(C)(C)OC(=O)NC[C@H](O[Si](C)(C)C(C)(C)C)c1ccncc1. The number of carbonyl (C=O) groups excluding carboxylic acids is 1. The predicted octanol–water partition coefficient (Wildman–Crippen LogP) is 4.67. The molecule has 24 heavy (non-hydrogen) atoms. The molecule has 0 aliphatic carbocycles. The van der Waals surface area contributed by atoms with Crippen LogP contribution in [0.15, 0.2) is 24.5 Å². The Hall–Kier alpha value is -1.40. The first-order chi connectivity index (χ1) is 10.8. The molecule has 0 aliphatic rings. The first-order valence-corrected chi connectivity index (χ1v) is 11.3. The van der Waals surface area contributed by atoms with Gasteiger partial charge in [0, 0.05) is 12.4 Å². The number of alkyl carbamates (subject to hydrolysis) is 1. The van der Waals surface area contributed by atoms with Gasteiger partial charge in [0.25, 0.3) is 0 Å². The zero-order valence-corrected chi connectivity index (χ0v) is 17.3. The highest BCUT2D eigenvalue weighted by Crippen LogP contribution is 2.39. The molecule has 6 heteroatoms. The average molecular weight is 353 g/mol. The number of pyridine rings is 1. The van der Waals surface area contributed by atoms with E-state index in [9.17, 15) is 4.79 Å². The van der Waals surface area contributed by atoms with Crippen LogP contribution in [-0.4, -0.2) is 31.5 Å². The van der Waals surface area contributed by atoms with Gasteiger partial charge in [-0.1, -0.05) is 20.8 Å². The summed E-state index contributed by atoms with van der Waals surface area (Å²) in [5.41, 5.74) is 0.488. The van der Waals surface area contributed by atoms with Crippen LogP contribution in [0.1, 0.15) is 53.2 Å². The molecule has 0 aliphatic heterocycles. The summed E-state index contributed by atoms with van der Waals surface area (Å²) in [5.74, 6) is 0. The van der Waals surface area contributed by atoms with E-state index in [4.69, 9.17) is 9.16 Å². The maximum absolute atomic E-state index is 12.0. The van der Waals surface area contributed by atoms with Crippen LogP contribution in [0, 0.1) is 0 Å². The van der Waals surface area contributed by atoms with Gasteiger partial charge >= 0.3 is 6.09 Å². The molecular weight excluding hydrogens is 320 g/mol. The highest BCUT2D eigenvalue weighted by molar-refractivity contribution is 6.74. The summed E-state index contributed by atoms with van der Waals surface area (Å²) in [6.07, 6.45) is 2.83. The summed E-state index contributed by atoms with van der Waals surface area (Å²) in [6.45, 7) is 16.9. The second-order valence-electron chi connectivity index (χ2n) is 8.53. The number of nitrogens with one attached hydrogen (secondary N) is 1. The number of nitrogens with zero attached hydrogens (tertiary/aromatic N) is 1. The van der Waals surface area contributed by atoms with Gasteiger partial charge < -0.3 is 14.5 Å². The van der Waals surface area contributed by atoms with Crippen molar-refractivity contribution >= 4 is 14.4 Å². The third-order valence-corrected chi connectivity index (χ3v) is 8.64. The Balaban J connectivity index is 2.86. The van der Waals surface area contributed by atoms with Crippen LogP contribution in [-0.2, 0) is 9.16 Å². The minimum absolute atomic E-state index is 0.0875. The van der Waals surface area contributed by atoms with E-state index < -0.39 is 20.0 Å². The normalized spacial score (nSPS) is 14.2. The molecule has 136 valence electrons. The molecule has 0 fully saturated rings. The first-order valence-electron chi connectivity index (χ1n) is 8.36. The summed E-state index contributed by atoms with van der Waals surface area (Å²) in [7, 11) is -1.98. The van der Waals surface area contributed by atoms with E-state index in [1.807, 2.05) is 32.9 Å². The molecule has 0 aromatic carbocycles. The third kappa shape index (κ3) is 6.61. The van der Waals surface area contributed by atoms with Gasteiger partial charge in [-0.25, -0.2) is 4.79 Å². The predicted molar refractivity (Wildman–Crippen MR) is 99.5 cm³/mol. The van der Waals surface area contributed by atoms with E-state index in [1.165, 1.54) is 0 Å². The molecule has 0 bridgehead atoms. The lowest BCUT2D eigenvalue weighted by Crippen LogP contribution is -2.44. The van der Waals surface area contributed by atoms with Gasteiger partial charge in [-0.05, 0) is 56.6 Å². The van der Waals surface area contributed by atoms with Crippen molar-refractivity contribution in [1.29, 1.82) is 0 Å². The van der Waals surface area contributed by atoms with Gasteiger partial charge in [-0.2, -0.15) is 0 Å². The highest BCUT2D eigenvalue weighted by atomic mass is 28.4. The summed E-state index contributed by atoms with van der Waals surface area (Å²) >= 11 is 0. The fourth-order valence-corrected chi connectivity index (χ4v) is 3.11. The Morgan fingerprint density at radius 2 is 1.71 bits per heavy atom. The lowest BCUT2D eigenvalue weighted by molar-refractivity contribution is 0.0496. The molecule has 1 heterocycles. The van der Waals surface area contributed by atoms with E-state index in [2.05, 4.69) is 44.2 Å². The number of ether oxygens (including phenoxy) is 1. The van der Waals surface area contributed by atoms with Gasteiger partial charge in [0.15, 0.2) is 8.32 Å². The number of hydrogen-bond donors (Lipinski definition) is 1.